The van der Waals surface area contributed by atoms with Crippen LogP contribution in [0, 0.1) is 20.8 Å². The second-order valence-corrected chi connectivity index (χ2v) is 7.49. The molecule has 1 N–H and O–H groups in total. The van der Waals surface area contributed by atoms with Crippen LogP contribution >= 0.6 is 0 Å². The lowest BCUT2D eigenvalue weighted by Gasteiger charge is -2.07. The molecule has 2 aromatic heterocycles. The molecule has 0 aliphatic carbocycles. The Morgan fingerprint density at radius 2 is 1.87 bits per heavy atom. The Hall–Kier alpha value is -2.18. The van der Waals surface area contributed by atoms with Crippen LogP contribution in [0.4, 0.5) is 0 Å². The summed E-state index contributed by atoms with van der Waals surface area (Å²) < 4.78 is 29.3. The van der Waals surface area contributed by atoms with Gasteiger partial charge in [-0.1, -0.05) is 12.1 Å². The number of hydrogen-bond donors (Lipinski definition) is 1. The van der Waals surface area contributed by atoms with E-state index in [-0.39, 0.29) is 11.4 Å². The lowest BCUT2D eigenvalue weighted by molar-refractivity contribution is 0.580. The summed E-state index contributed by atoms with van der Waals surface area (Å²) >= 11 is 0. The fraction of sp³-hybridized carbons (Fsp3) is 0.235. The third-order valence-electron chi connectivity index (χ3n) is 3.96. The Bertz CT molecular complexity index is 975. The number of aromatic nitrogens is 2. The minimum atomic E-state index is -3.54. The first-order chi connectivity index (χ1) is 10.9. The van der Waals surface area contributed by atoms with E-state index in [9.17, 15) is 8.42 Å². The number of nitrogens with one attached hydrogen (secondary N) is 1. The van der Waals surface area contributed by atoms with E-state index in [0.29, 0.717) is 5.69 Å². The predicted molar refractivity (Wildman–Crippen MR) is 89.9 cm³/mol. The van der Waals surface area contributed by atoms with E-state index in [2.05, 4.69) is 9.71 Å². The molecule has 23 heavy (non-hydrogen) atoms. The first-order valence-corrected chi connectivity index (χ1v) is 8.85. The van der Waals surface area contributed by atoms with E-state index in [1.54, 1.807) is 12.1 Å². The summed E-state index contributed by atoms with van der Waals surface area (Å²) in [5.41, 5.74) is 4.60. The van der Waals surface area contributed by atoms with Crippen LogP contribution in [0.25, 0.3) is 5.65 Å². The summed E-state index contributed by atoms with van der Waals surface area (Å²) in [5.74, 6) is 0. The average Bonchev–Trinajstić information content (AvgIpc) is 2.93. The van der Waals surface area contributed by atoms with Gasteiger partial charge in [0.05, 0.1) is 17.1 Å². The second kappa shape index (κ2) is 5.79. The van der Waals surface area contributed by atoms with Gasteiger partial charge in [0.1, 0.15) is 5.65 Å². The van der Waals surface area contributed by atoms with Gasteiger partial charge in [0.15, 0.2) is 0 Å². The highest BCUT2D eigenvalue weighted by atomic mass is 32.2. The van der Waals surface area contributed by atoms with Crippen molar-refractivity contribution >= 4 is 15.7 Å². The minimum absolute atomic E-state index is 0.163. The lowest BCUT2D eigenvalue weighted by Crippen LogP contribution is -2.23. The molecule has 0 amide bonds. The van der Waals surface area contributed by atoms with Crippen LogP contribution in [-0.4, -0.2) is 17.8 Å². The monoisotopic (exact) mass is 329 g/mol. The maximum atomic E-state index is 12.4. The number of pyridine rings is 1. The molecule has 0 unspecified atom stereocenters. The molecule has 0 spiro atoms. The lowest BCUT2D eigenvalue weighted by atomic mass is 10.1. The smallest absolute Gasteiger partial charge is 0.240 e. The van der Waals surface area contributed by atoms with E-state index in [4.69, 9.17) is 0 Å². The van der Waals surface area contributed by atoms with E-state index in [1.165, 1.54) is 0 Å². The van der Waals surface area contributed by atoms with Crippen molar-refractivity contribution in [3.8, 4) is 0 Å². The Morgan fingerprint density at radius 1 is 1.09 bits per heavy atom. The molecular weight excluding hydrogens is 310 g/mol. The number of benzene rings is 1. The van der Waals surface area contributed by atoms with Crippen LogP contribution in [0.2, 0.25) is 0 Å². The molecule has 120 valence electrons. The highest BCUT2D eigenvalue weighted by Crippen LogP contribution is 2.15. The number of aryl methyl sites for hydroxylation is 3. The van der Waals surface area contributed by atoms with Gasteiger partial charge in [-0.2, -0.15) is 0 Å². The highest BCUT2D eigenvalue weighted by Gasteiger charge is 2.15. The number of rotatable bonds is 4. The van der Waals surface area contributed by atoms with Crippen molar-refractivity contribution < 1.29 is 8.42 Å². The van der Waals surface area contributed by atoms with Crippen molar-refractivity contribution in [1.29, 1.82) is 0 Å². The number of hydrogen-bond acceptors (Lipinski definition) is 3. The van der Waals surface area contributed by atoms with Crippen LogP contribution in [0.15, 0.2) is 47.6 Å². The Morgan fingerprint density at radius 3 is 2.57 bits per heavy atom. The van der Waals surface area contributed by atoms with Gasteiger partial charge in [0.2, 0.25) is 10.0 Å². The number of imidazole rings is 1. The summed E-state index contributed by atoms with van der Waals surface area (Å²) in [4.78, 5) is 4.75. The Kier molecular flexibility index (Phi) is 3.95. The molecule has 2 heterocycles. The molecule has 0 aliphatic heterocycles. The Labute approximate surface area is 136 Å². The van der Waals surface area contributed by atoms with Crippen LogP contribution in [0.3, 0.4) is 0 Å². The fourth-order valence-electron chi connectivity index (χ4n) is 2.42. The quantitative estimate of drug-likeness (QED) is 0.800. The van der Waals surface area contributed by atoms with Gasteiger partial charge in [0, 0.05) is 12.4 Å². The molecule has 0 fully saturated rings. The average molecular weight is 329 g/mol. The van der Waals surface area contributed by atoms with Crippen molar-refractivity contribution in [1.82, 2.24) is 14.1 Å². The van der Waals surface area contributed by atoms with Gasteiger partial charge in [-0.3, -0.25) is 0 Å². The first kappa shape index (κ1) is 15.7. The molecule has 5 nitrogen and oxygen atoms in total. The third kappa shape index (κ3) is 3.13. The second-order valence-electron chi connectivity index (χ2n) is 5.72. The SMILES string of the molecule is Cc1ccc(S(=O)(=O)NCc2cn3cccc(C)c3n2)cc1C. The van der Waals surface area contributed by atoms with Crippen molar-refractivity contribution in [2.75, 3.05) is 0 Å². The predicted octanol–water partition coefficient (Wildman–Crippen LogP) is 2.74. The van der Waals surface area contributed by atoms with E-state index >= 15 is 0 Å². The molecule has 0 aliphatic rings. The summed E-state index contributed by atoms with van der Waals surface area (Å²) in [6, 6.07) is 9.04. The summed E-state index contributed by atoms with van der Waals surface area (Å²) in [5, 5.41) is 0. The molecule has 0 radical (unpaired) electrons. The van der Waals surface area contributed by atoms with Crippen molar-refractivity contribution in [3.05, 3.63) is 65.1 Å². The van der Waals surface area contributed by atoms with E-state index in [0.717, 1.165) is 22.3 Å². The first-order valence-electron chi connectivity index (χ1n) is 7.37. The van der Waals surface area contributed by atoms with Gasteiger partial charge in [-0.25, -0.2) is 18.1 Å². The highest BCUT2D eigenvalue weighted by molar-refractivity contribution is 7.89. The molecule has 0 saturated carbocycles. The normalized spacial score (nSPS) is 12.0. The number of sulfonamides is 1. The van der Waals surface area contributed by atoms with Gasteiger partial charge in [-0.05, 0) is 55.7 Å². The van der Waals surface area contributed by atoms with Gasteiger partial charge in [-0.15, -0.1) is 0 Å². The standard InChI is InChI=1S/C17H19N3O2S/c1-12-6-7-16(9-14(12)3)23(21,22)18-10-15-11-20-8-4-5-13(2)17(20)19-15/h4-9,11,18H,10H2,1-3H3. The van der Waals surface area contributed by atoms with Crippen LogP contribution in [-0.2, 0) is 16.6 Å². The Balaban J connectivity index is 1.83. The zero-order chi connectivity index (χ0) is 16.6. The molecule has 0 atom stereocenters. The largest absolute Gasteiger partial charge is 0.307 e. The topological polar surface area (TPSA) is 63.5 Å². The zero-order valence-electron chi connectivity index (χ0n) is 13.4. The van der Waals surface area contributed by atoms with Gasteiger partial charge in [0.25, 0.3) is 0 Å². The maximum Gasteiger partial charge on any atom is 0.240 e. The van der Waals surface area contributed by atoms with Crippen molar-refractivity contribution in [2.45, 2.75) is 32.2 Å². The third-order valence-corrected chi connectivity index (χ3v) is 5.36. The molecule has 1 aromatic carbocycles. The van der Waals surface area contributed by atoms with Crippen LogP contribution in [0.1, 0.15) is 22.4 Å². The van der Waals surface area contributed by atoms with Gasteiger partial charge < -0.3 is 4.40 Å². The van der Waals surface area contributed by atoms with Crippen molar-refractivity contribution in [2.24, 2.45) is 0 Å². The summed E-state index contributed by atoms with van der Waals surface area (Å²) in [7, 11) is -3.54. The van der Waals surface area contributed by atoms with Crippen LogP contribution in [0.5, 0.6) is 0 Å². The van der Waals surface area contributed by atoms with Gasteiger partial charge >= 0.3 is 0 Å². The number of nitrogens with zero attached hydrogens (tertiary/aromatic N) is 2. The van der Waals surface area contributed by atoms with E-state index in [1.807, 2.05) is 55.8 Å². The molecular formula is C17H19N3O2S. The van der Waals surface area contributed by atoms with Crippen LogP contribution < -0.4 is 4.72 Å². The minimum Gasteiger partial charge on any atom is -0.307 e. The summed E-state index contributed by atoms with van der Waals surface area (Å²) in [6.45, 7) is 6.00. The van der Waals surface area contributed by atoms with Crippen molar-refractivity contribution in [3.63, 3.8) is 0 Å². The fourth-order valence-corrected chi connectivity index (χ4v) is 3.51. The molecule has 3 rings (SSSR count). The summed E-state index contributed by atoms with van der Waals surface area (Å²) in [6.07, 6.45) is 3.74. The molecule has 0 saturated heterocycles. The number of fused-ring (bicyclic) bond motifs is 1. The molecule has 6 heteroatoms. The molecule has 0 bridgehead atoms. The molecule has 3 aromatic rings. The zero-order valence-corrected chi connectivity index (χ0v) is 14.2. The maximum absolute atomic E-state index is 12.4. The van der Waals surface area contributed by atoms with E-state index < -0.39 is 10.0 Å².